The van der Waals surface area contributed by atoms with Gasteiger partial charge in [0.2, 0.25) is 5.95 Å². The van der Waals surface area contributed by atoms with Crippen molar-refractivity contribution in [3.8, 4) is 22.3 Å². The van der Waals surface area contributed by atoms with Crippen LogP contribution in [0.25, 0.3) is 44.2 Å². The summed E-state index contributed by atoms with van der Waals surface area (Å²) < 4.78 is 15.1. The summed E-state index contributed by atoms with van der Waals surface area (Å²) in [5, 5.41) is 2.23. The highest BCUT2D eigenvalue weighted by Crippen LogP contribution is 2.33. The van der Waals surface area contributed by atoms with E-state index in [0.29, 0.717) is 0 Å². The van der Waals surface area contributed by atoms with Crippen LogP contribution < -0.4 is 0 Å². The first-order valence-electron chi connectivity index (χ1n) is 8.33. The zero-order valence-electron chi connectivity index (χ0n) is 14.1. The van der Waals surface area contributed by atoms with Gasteiger partial charge in [-0.3, -0.25) is 0 Å². The molecule has 0 atom stereocenters. The number of pyridine rings is 2. The molecule has 0 aliphatic rings. The molecule has 4 heterocycles. The Kier molecular flexibility index (Phi) is 3.15. The smallest absolute Gasteiger partial charge is 0.212 e. The highest BCUT2D eigenvalue weighted by atomic mass is 19.1. The molecule has 4 aromatic heterocycles. The van der Waals surface area contributed by atoms with Crippen molar-refractivity contribution < 1.29 is 4.39 Å². The highest BCUT2D eigenvalue weighted by molar-refractivity contribution is 5.98. The van der Waals surface area contributed by atoms with Gasteiger partial charge in [0.25, 0.3) is 0 Å². The molecule has 0 unspecified atom stereocenters. The van der Waals surface area contributed by atoms with Crippen LogP contribution >= 0.6 is 0 Å². The molecule has 1 N–H and O–H groups in total. The van der Waals surface area contributed by atoms with Crippen molar-refractivity contribution in [1.82, 2.24) is 19.5 Å². The molecule has 0 amide bonds. The van der Waals surface area contributed by atoms with Crippen LogP contribution in [0.1, 0.15) is 0 Å². The lowest BCUT2D eigenvalue weighted by atomic mass is 10.0. The fourth-order valence-electron chi connectivity index (χ4n) is 3.42. The second-order valence-electron chi connectivity index (χ2n) is 6.40. The molecular formula is C21H15FN4. The monoisotopic (exact) mass is 342 g/mol. The zero-order chi connectivity index (χ0) is 17.7. The highest BCUT2D eigenvalue weighted by Gasteiger charge is 2.12. The average molecular weight is 342 g/mol. The Morgan fingerprint density at radius 1 is 0.923 bits per heavy atom. The van der Waals surface area contributed by atoms with Gasteiger partial charge in [-0.1, -0.05) is 6.07 Å². The van der Waals surface area contributed by atoms with Gasteiger partial charge in [-0.25, -0.2) is 9.97 Å². The Morgan fingerprint density at radius 2 is 1.77 bits per heavy atom. The minimum absolute atomic E-state index is 0.483. The van der Waals surface area contributed by atoms with E-state index in [4.69, 9.17) is 0 Å². The maximum absolute atomic E-state index is 13.1. The maximum atomic E-state index is 13.1. The second-order valence-corrected chi connectivity index (χ2v) is 6.40. The molecule has 0 radical (unpaired) electrons. The molecule has 5 aromatic rings. The van der Waals surface area contributed by atoms with Crippen molar-refractivity contribution in [2.24, 2.45) is 7.05 Å². The number of aromatic amines is 1. The molecule has 0 fully saturated rings. The zero-order valence-corrected chi connectivity index (χ0v) is 14.1. The summed E-state index contributed by atoms with van der Waals surface area (Å²) in [6.45, 7) is 0. The van der Waals surface area contributed by atoms with Crippen molar-refractivity contribution in [3.63, 3.8) is 0 Å². The Balaban J connectivity index is 1.71. The Hall–Kier alpha value is -3.47. The fraction of sp³-hybridized carbons (Fsp3) is 0.0476. The van der Waals surface area contributed by atoms with E-state index in [2.05, 4.69) is 51.5 Å². The minimum atomic E-state index is -0.483. The lowest BCUT2D eigenvalue weighted by molar-refractivity contribution is 0.584. The molecule has 0 saturated heterocycles. The number of aromatic nitrogens is 4. The molecule has 0 aliphatic heterocycles. The first-order chi connectivity index (χ1) is 12.7. The molecule has 26 heavy (non-hydrogen) atoms. The normalized spacial score (nSPS) is 11.5. The van der Waals surface area contributed by atoms with Gasteiger partial charge in [-0.15, -0.1) is 0 Å². The van der Waals surface area contributed by atoms with Gasteiger partial charge >= 0.3 is 0 Å². The van der Waals surface area contributed by atoms with E-state index in [-0.39, 0.29) is 0 Å². The number of hydrogen-bond acceptors (Lipinski definition) is 2. The van der Waals surface area contributed by atoms with Gasteiger partial charge < -0.3 is 9.55 Å². The summed E-state index contributed by atoms with van der Waals surface area (Å²) in [6, 6.07) is 13.6. The van der Waals surface area contributed by atoms with E-state index < -0.39 is 5.95 Å². The number of halogens is 1. The van der Waals surface area contributed by atoms with Crippen LogP contribution in [0.3, 0.4) is 0 Å². The van der Waals surface area contributed by atoms with Crippen LogP contribution in [-0.4, -0.2) is 19.5 Å². The average Bonchev–Trinajstić information content (AvgIpc) is 3.26. The third kappa shape index (κ3) is 2.29. The Bertz CT molecular complexity index is 1250. The van der Waals surface area contributed by atoms with E-state index in [1.165, 1.54) is 17.6 Å². The third-order valence-corrected chi connectivity index (χ3v) is 4.74. The van der Waals surface area contributed by atoms with Crippen molar-refractivity contribution in [2.75, 3.05) is 0 Å². The first-order valence-corrected chi connectivity index (χ1v) is 8.33. The molecule has 5 heteroatoms. The number of nitrogens with zero attached hydrogens (tertiary/aromatic N) is 3. The van der Waals surface area contributed by atoms with Crippen molar-refractivity contribution in [3.05, 3.63) is 73.2 Å². The van der Waals surface area contributed by atoms with Crippen LogP contribution in [0, 0.1) is 5.95 Å². The number of benzene rings is 1. The van der Waals surface area contributed by atoms with Crippen LogP contribution in [0.4, 0.5) is 4.39 Å². The maximum Gasteiger partial charge on any atom is 0.212 e. The SMILES string of the molecule is Cn1cc(-c2ccc3[nH]ccc3c2)c2cc(-c3ccc(F)nc3)cnc21. The van der Waals surface area contributed by atoms with E-state index in [1.54, 1.807) is 12.3 Å². The quantitative estimate of drug-likeness (QED) is 0.463. The number of nitrogens with one attached hydrogen (secondary N) is 1. The fourth-order valence-corrected chi connectivity index (χ4v) is 3.42. The van der Waals surface area contributed by atoms with Gasteiger partial charge in [-0.2, -0.15) is 4.39 Å². The standard InChI is InChI=1S/C21H15FN4/c1-26-12-18(13-2-4-19-14(8-13)6-7-23-19)17-9-16(11-25-21(17)26)15-3-5-20(22)24-10-15/h2-12,23H,1H3. The molecule has 126 valence electrons. The topological polar surface area (TPSA) is 46.5 Å². The van der Waals surface area contributed by atoms with E-state index in [1.807, 2.05) is 17.8 Å². The molecule has 5 rings (SSSR count). The van der Waals surface area contributed by atoms with Gasteiger partial charge in [0.15, 0.2) is 0 Å². The lowest BCUT2D eigenvalue weighted by Crippen LogP contribution is -1.89. The summed E-state index contributed by atoms with van der Waals surface area (Å²) in [7, 11) is 1.99. The van der Waals surface area contributed by atoms with Crippen molar-refractivity contribution >= 4 is 21.9 Å². The van der Waals surface area contributed by atoms with Crippen molar-refractivity contribution in [2.45, 2.75) is 0 Å². The molecule has 4 nitrogen and oxygen atoms in total. The van der Waals surface area contributed by atoms with E-state index in [0.717, 1.165) is 38.8 Å². The van der Waals surface area contributed by atoms with Crippen molar-refractivity contribution in [1.29, 1.82) is 0 Å². The van der Waals surface area contributed by atoms with Gasteiger partial charge in [-0.05, 0) is 47.3 Å². The Morgan fingerprint density at radius 3 is 2.62 bits per heavy atom. The van der Waals surface area contributed by atoms with E-state index in [9.17, 15) is 4.39 Å². The van der Waals surface area contributed by atoms with E-state index >= 15 is 0 Å². The third-order valence-electron chi connectivity index (χ3n) is 4.74. The molecule has 0 aliphatic carbocycles. The number of H-pyrrole nitrogens is 1. The van der Waals surface area contributed by atoms with Crippen LogP contribution in [0.2, 0.25) is 0 Å². The molecule has 0 saturated carbocycles. The summed E-state index contributed by atoms with van der Waals surface area (Å²) in [6.07, 6.45) is 7.37. The minimum Gasteiger partial charge on any atom is -0.361 e. The molecule has 0 spiro atoms. The molecular weight excluding hydrogens is 327 g/mol. The largest absolute Gasteiger partial charge is 0.361 e. The number of aryl methyl sites for hydroxylation is 1. The number of fused-ring (bicyclic) bond motifs is 2. The Labute approximate surface area is 149 Å². The van der Waals surface area contributed by atoms with Gasteiger partial charge in [0.05, 0.1) is 0 Å². The van der Waals surface area contributed by atoms with Crippen LogP contribution in [-0.2, 0) is 7.05 Å². The number of rotatable bonds is 2. The van der Waals surface area contributed by atoms with Gasteiger partial charge in [0.1, 0.15) is 5.65 Å². The lowest BCUT2D eigenvalue weighted by Gasteiger charge is -2.04. The molecule has 1 aromatic carbocycles. The molecule has 0 bridgehead atoms. The van der Waals surface area contributed by atoms with Crippen LogP contribution in [0.15, 0.2) is 67.3 Å². The van der Waals surface area contributed by atoms with Gasteiger partial charge in [0, 0.05) is 59.4 Å². The summed E-state index contributed by atoms with van der Waals surface area (Å²) >= 11 is 0. The summed E-state index contributed by atoms with van der Waals surface area (Å²) in [5.74, 6) is -0.483. The second kappa shape index (κ2) is 5.52. The predicted octanol–water partition coefficient (Wildman–Crippen LogP) is 4.92. The number of hydrogen-bond donors (Lipinski definition) is 1. The summed E-state index contributed by atoms with van der Waals surface area (Å²) in [4.78, 5) is 11.6. The van der Waals surface area contributed by atoms with Crippen LogP contribution in [0.5, 0.6) is 0 Å². The predicted molar refractivity (Wildman–Crippen MR) is 101 cm³/mol. The summed E-state index contributed by atoms with van der Waals surface area (Å²) in [5.41, 5.74) is 6.05. The first kappa shape index (κ1) is 14.8.